The van der Waals surface area contributed by atoms with Gasteiger partial charge in [-0.05, 0) is 45.0 Å². The second kappa shape index (κ2) is 9.74. The summed E-state index contributed by atoms with van der Waals surface area (Å²) in [6, 6.07) is 6.25. The molecule has 1 fully saturated rings. The van der Waals surface area contributed by atoms with Gasteiger partial charge in [0.2, 0.25) is 0 Å². The minimum atomic E-state index is 0.553. The molecule has 0 spiro atoms. The summed E-state index contributed by atoms with van der Waals surface area (Å²) in [5.74, 6) is 1.62. The lowest BCUT2D eigenvalue weighted by Gasteiger charge is -2.24. The first-order chi connectivity index (χ1) is 11.7. The van der Waals surface area contributed by atoms with E-state index in [2.05, 4.69) is 34.4 Å². The average Bonchev–Trinajstić information content (AvgIpc) is 3.05. The van der Waals surface area contributed by atoms with Gasteiger partial charge in [-0.2, -0.15) is 0 Å². The quantitative estimate of drug-likeness (QED) is 0.585. The van der Waals surface area contributed by atoms with Crippen LogP contribution in [0.5, 0.6) is 5.75 Å². The lowest BCUT2D eigenvalue weighted by Crippen LogP contribution is -2.44. The molecule has 1 aromatic rings. The fourth-order valence-electron chi connectivity index (χ4n) is 3.11. The number of rotatable bonds is 7. The minimum Gasteiger partial charge on any atom is -0.496 e. The van der Waals surface area contributed by atoms with E-state index in [0.717, 1.165) is 36.9 Å². The Morgan fingerprint density at radius 3 is 2.92 bits per heavy atom. The Hall–Kier alpha value is -1.46. The maximum absolute atomic E-state index is 6.01. The zero-order valence-electron chi connectivity index (χ0n) is 14.9. The Kier molecular flexibility index (Phi) is 7.66. The van der Waals surface area contributed by atoms with E-state index in [9.17, 15) is 0 Å². The van der Waals surface area contributed by atoms with Crippen LogP contribution in [-0.4, -0.2) is 50.2 Å². The van der Waals surface area contributed by atoms with E-state index in [-0.39, 0.29) is 0 Å². The second-order valence-corrected chi connectivity index (χ2v) is 6.39. The van der Waals surface area contributed by atoms with Gasteiger partial charge in [0.05, 0.1) is 13.7 Å². The van der Waals surface area contributed by atoms with Crippen LogP contribution < -0.4 is 15.4 Å². The number of hydrogen-bond donors (Lipinski definition) is 2. The van der Waals surface area contributed by atoms with Gasteiger partial charge in [-0.15, -0.1) is 0 Å². The summed E-state index contributed by atoms with van der Waals surface area (Å²) < 4.78 is 5.39. The summed E-state index contributed by atoms with van der Waals surface area (Å²) in [6.07, 6.45) is 2.54. The van der Waals surface area contributed by atoms with Crippen LogP contribution in [-0.2, 0) is 6.54 Å². The van der Waals surface area contributed by atoms with Crippen LogP contribution in [0.15, 0.2) is 23.2 Å². The SMILES string of the molecule is CCNC(=NCc1ccc(Cl)cc1OC)NCC1CCCN1CC. The number of methoxy groups -OCH3 is 1. The Labute approximate surface area is 150 Å². The lowest BCUT2D eigenvalue weighted by molar-refractivity contribution is 0.267. The predicted molar refractivity (Wildman–Crippen MR) is 101 cm³/mol. The van der Waals surface area contributed by atoms with Crippen molar-refractivity contribution < 1.29 is 4.74 Å². The normalized spacial score (nSPS) is 18.7. The molecule has 1 aromatic carbocycles. The van der Waals surface area contributed by atoms with Crippen LogP contribution in [0.25, 0.3) is 0 Å². The molecule has 24 heavy (non-hydrogen) atoms. The molecule has 0 radical (unpaired) electrons. The van der Waals surface area contributed by atoms with Gasteiger partial charge in [0, 0.05) is 29.7 Å². The number of guanidine groups is 1. The molecule has 1 heterocycles. The first kappa shape index (κ1) is 18.9. The van der Waals surface area contributed by atoms with Crippen molar-refractivity contribution in [3.05, 3.63) is 28.8 Å². The fraction of sp³-hybridized carbons (Fsp3) is 0.611. The van der Waals surface area contributed by atoms with Crippen LogP contribution in [0.1, 0.15) is 32.3 Å². The topological polar surface area (TPSA) is 48.9 Å². The Morgan fingerprint density at radius 1 is 1.38 bits per heavy atom. The molecule has 2 rings (SSSR count). The molecule has 1 unspecified atom stereocenters. The predicted octanol–water partition coefficient (Wildman–Crippen LogP) is 2.89. The number of ether oxygens (including phenoxy) is 1. The molecule has 0 aromatic heterocycles. The Bertz CT molecular complexity index is 550. The van der Waals surface area contributed by atoms with Gasteiger partial charge in [-0.1, -0.05) is 24.6 Å². The summed E-state index contributed by atoms with van der Waals surface area (Å²) in [5, 5.41) is 7.46. The number of likely N-dealkylation sites (tertiary alicyclic amines) is 1. The molecule has 1 atom stereocenters. The molecule has 5 nitrogen and oxygen atoms in total. The number of nitrogens with zero attached hydrogens (tertiary/aromatic N) is 2. The van der Waals surface area contributed by atoms with Crippen LogP contribution in [0.4, 0.5) is 0 Å². The van der Waals surface area contributed by atoms with E-state index in [1.807, 2.05) is 18.2 Å². The van der Waals surface area contributed by atoms with E-state index in [4.69, 9.17) is 16.3 Å². The zero-order chi connectivity index (χ0) is 17.4. The molecule has 134 valence electrons. The number of likely N-dealkylation sites (N-methyl/N-ethyl adjacent to an activating group) is 1. The second-order valence-electron chi connectivity index (χ2n) is 5.96. The maximum Gasteiger partial charge on any atom is 0.191 e. The van der Waals surface area contributed by atoms with E-state index in [0.29, 0.717) is 17.6 Å². The molecule has 1 aliphatic rings. The van der Waals surface area contributed by atoms with Gasteiger partial charge in [0.25, 0.3) is 0 Å². The third kappa shape index (κ3) is 5.28. The molecule has 0 bridgehead atoms. The summed E-state index contributed by atoms with van der Waals surface area (Å²) in [6.45, 7) is 8.94. The largest absolute Gasteiger partial charge is 0.496 e. The molecule has 6 heteroatoms. The number of nitrogens with one attached hydrogen (secondary N) is 2. The van der Waals surface area contributed by atoms with Gasteiger partial charge in [-0.25, -0.2) is 4.99 Å². The number of halogens is 1. The van der Waals surface area contributed by atoms with E-state index in [1.54, 1.807) is 7.11 Å². The summed E-state index contributed by atoms with van der Waals surface area (Å²) >= 11 is 6.01. The van der Waals surface area contributed by atoms with Crippen molar-refractivity contribution in [3.8, 4) is 5.75 Å². The van der Waals surface area contributed by atoms with Crippen LogP contribution >= 0.6 is 11.6 Å². The zero-order valence-corrected chi connectivity index (χ0v) is 15.7. The molecule has 0 amide bonds. The van der Waals surface area contributed by atoms with Crippen molar-refractivity contribution in [1.29, 1.82) is 0 Å². The molecular weight excluding hydrogens is 324 g/mol. The molecule has 0 aliphatic carbocycles. The highest BCUT2D eigenvalue weighted by atomic mass is 35.5. The number of hydrogen-bond acceptors (Lipinski definition) is 3. The van der Waals surface area contributed by atoms with Crippen molar-refractivity contribution in [2.24, 2.45) is 4.99 Å². The molecule has 1 saturated heterocycles. The highest BCUT2D eigenvalue weighted by Gasteiger charge is 2.22. The van der Waals surface area contributed by atoms with Crippen molar-refractivity contribution in [3.63, 3.8) is 0 Å². The molecule has 0 saturated carbocycles. The molecule has 2 N–H and O–H groups in total. The highest BCUT2D eigenvalue weighted by Crippen LogP contribution is 2.23. The van der Waals surface area contributed by atoms with Gasteiger partial charge in [0.15, 0.2) is 5.96 Å². The summed E-state index contributed by atoms with van der Waals surface area (Å²) in [7, 11) is 1.65. The van der Waals surface area contributed by atoms with Gasteiger partial charge in [-0.3, -0.25) is 4.90 Å². The van der Waals surface area contributed by atoms with E-state index >= 15 is 0 Å². The van der Waals surface area contributed by atoms with Crippen LogP contribution in [0, 0.1) is 0 Å². The third-order valence-corrected chi connectivity index (χ3v) is 4.65. The Morgan fingerprint density at radius 2 is 2.21 bits per heavy atom. The third-order valence-electron chi connectivity index (χ3n) is 4.41. The van der Waals surface area contributed by atoms with E-state index < -0.39 is 0 Å². The minimum absolute atomic E-state index is 0.553. The lowest BCUT2D eigenvalue weighted by atomic mass is 10.2. The highest BCUT2D eigenvalue weighted by molar-refractivity contribution is 6.30. The summed E-state index contributed by atoms with van der Waals surface area (Å²) in [5.41, 5.74) is 1.02. The van der Waals surface area contributed by atoms with Crippen molar-refractivity contribution in [2.45, 2.75) is 39.3 Å². The van der Waals surface area contributed by atoms with Crippen molar-refractivity contribution in [1.82, 2.24) is 15.5 Å². The van der Waals surface area contributed by atoms with Crippen molar-refractivity contribution in [2.75, 3.05) is 33.3 Å². The van der Waals surface area contributed by atoms with Crippen LogP contribution in [0.3, 0.4) is 0 Å². The summed E-state index contributed by atoms with van der Waals surface area (Å²) in [4.78, 5) is 7.21. The monoisotopic (exact) mass is 352 g/mol. The standard InChI is InChI=1S/C18H29ClN4O/c1-4-20-18(22-13-16-7-6-10-23(16)5-2)21-12-14-8-9-15(19)11-17(14)24-3/h8-9,11,16H,4-7,10,12-13H2,1-3H3,(H2,20,21,22). The molecule has 1 aliphatic heterocycles. The first-order valence-electron chi connectivity index (χ1n) is 8.76. The average molecular weight is 353 g/mol. The van der Waals surface area contributed by atoms with Crippen LogP contribution in [0.2, 0.25) is 5.02 Å². The number of benzene rings is 1. The smallest absolute Gasteiger partial charge is 0.191 e. The van der Waals surface area contributed by atoms with Gasteiger partial charge >= 0.3 is 0 Å². The van der Waals surface area contributed by atoms with E-state index in [1.165, 1.54) is 19.4 Å². The number of aliphatic imine (C=N–C) groups is 1. The van der Waals surface area contributed by atoms with Crippen molar-refractivity contribution >= 4 is 17.6 Å². The molecular formula is C18H29ClN4O. The van der Waals surface area contributed by atoms with Gasteiger partial charge in [0.1, 0.15) is 5.75 Å². The Balaban J connectivity index is 1.97. The van der Waals surface area contributed by atoms with Gasteiger partial charge < -0.3 is 15.4 Å². The maximum atomic E-state index is 6.01. The fourth-order valence-corrected chi connectivity index (χ4v) is 3.27. The first-order valence-corrected chi connectivity index (χ1v) is 9.14.